The maximum absolute atomic E-state index is 5.18. The van der Waals surface area contributed by atoms with Gasteiger partial charge in [0.05, 0.1) is 19.1 Å². The van der Waals surface area contributed by atoms with Crippen molar-refractivity contribution in [2.75, 3.05) is 46.3 Å². The summed E-state index contributed by atoms with van der Waals surface area (Å²) in [4.78, 5) is 7.38. The van der Waals surface area contributed by atoms with Crippen molar-refractivity contribution in [1.29, 1.82) is 0 Å². The molecule has 0 radical (unpaired) electrons. The van der Waals surface area contributed by atoms with E-state index in [-0.39, 0.29) is 0 Å². The number of rotatable bonds is 5. The highest BCUT2D eigenvalue weighted by Gasteiger charge is 2.26. The quantitative estimate of drug-likeness (QED) is 0.808. The lowest BCUT2D eigenvalue weighted by Crippen LogP contribution is -2.44. The number of hydrogen-bond donors (Lipinski definition) is 0. The van der Waals surface area contributed by atoms with Gasteiger partial charge >= 0.3 is 0 Å². The Morgan fingerprint density at radius 2 is 1.69 bits per heavy atom. The second-order valence-electron chi connectivity index (χ2n) is 7.79. The first-order chi connectivity index (χ1) is 12.7. The molecule has 0 spiro atoms. The summed E-state index contributed by atoms with van der Waals surface area (Å²) in [6.07, 6.45) is 5.90. The Kier molecular flexibility index (Phi) is 5.38. The fourth-order valence-electron chi connectivity index (χ4n) is 4.06. The van der Waals surface area contributed by atoms with Gasteiger partial charge in [0.25, 0.3) is 0 Å². The molecule has 142 valence electrons. The largest absolute Gasteiger partial charge is 0.472 e. The lowest BCUT2D eigenvalue weighted by atomic mass is 9.95. The molecule has 0 atom stereocenters. The molecule has 0 N–H and O–H groups in total. The highest BCUT2D eigenvalue weighted by molar-refractivity contribution is 5.07. The summed E-state index contributed by atoms with van der Waals surface area (Å²) < 4.78 is 7.42. The van der Waals surface area contributed by atoms with Crippen molar-refractivity contribution < 1.29 is 4.42 Å². The Bertz CT molecular complexity index is 681. The summed E-state index contributed by atoms with van der Waals surface area (Å²) in [5.74, 6) is 2.79. The lowest BCUT2D eigenvalue weighted by Gasteiger charge is -2.32. The average molecular weight is 358 g/mol. The van der Waals surface area contributed by atoms with E-state index < -0.39 is 0 Å². The molecular formula is C19H30N6O. The van der Waals surface area contributed by atoms with Crippen LogP contribution in [-0.2, 0) is 20.1 Å². The third kappa shape index (κ3) is 4.00. The molecule has 0 bridgehead atoms. The third-order valence-corrected chi connectivity index (χ3v) is 5.90. The highest BCUT2D eigenvalue weighted by atomic mass is 16.3. The number of likely N-dealkylation sites (N-methyl/N-ethyl adjacent to an activating group) is 1. The molecule has 0 unspecified atom stereocenters. The molecule has 2 aliphatic rings. The Hall–Kier alpha value is -1.70. The summed E-state index contributed by atoms with van der Waals surface area (Å²) in [7, 11) is 4.33. The van der Waals surface area contributed by atoms with Gasteiger partial charge in [-0.15, -0.1) is 10.2 Å². The normalized spacial score (nSPS) is 21.5. The van der Waals surface area contributed by atoms with E-state index in [0.717, 1.165) is 76.8 Å². The number of likely N-dealkylation sites (tertiary alicyclic amines) is 1. The smallest absolute Gasteiger partial charge is 0.146 e. The Labute approximate surface area is 155 Å². The van der Waals surface area contributed by atoms with Crippen molar-refractivity contribution in [2.24, 2.45) is 7.05 Å². The van der Waals surface area contributed by atoms with Gasteiger partial charge in [-0.05, 0) is 39.0 Å². The van der Waals surface area contributed by atoms with E-state index in [2.05, 4.69) is 49.6 Å². The Morgan fingerprint density at radius 3 is 2.38 bits per heavy atom. The van der Waals surface area contributed by atoms with Crippen LogP contribution in [0, 0.1) is 0 Å². The van der Waals surface area contributed by atoms with E-state index in [9.17, 15) is 0 Å². The maximum atomic E-state index is 5.18. The molecular weight excluding hydrogens is 328 g/mol. The first-order valence-corrected chi connectivity index (χ1v) is 9.71. The minimum absolute atomic E-state index is 0.523. The van der Waals surface area contributed by atoms with Gasteiger partial charge in [0, 0.05) is 51.3 Å². The van der Waals surface area contributed by atoms with Gasteiger partial charge in [-0.1, -0.05) is 0 Å². The predicted molar refractivity (Wildman–Crippen MR) is 99.7 cm³/mol. The van der Waals surface area contributed by atoms with Crippen LogP contribution in [0.3, 0.4) is 0 Å². The van der Waals surface area contributed by atoms with Gasteiger partial charge < -0.3 is 13.9 Å². The van der Waals surface area contributed by atoms with Crippen LogP contribution in [-0.4, -0.2) is 75.8 Å². The number of piperidine rings is 1. The Balaban J connectivity index is 1.32. The molecule has 2 fully saturated rings. The SMILES string of the molecule is CN1CCN(Cc2nnc(C3CCN(Cc4ccoc4)CC3)n2C)CC1. The number of aromatic nitrogens is 3. The van der Waals surface area contributed by atoms with Gasteiger partial charge in [0.2, 0.25) is 0 Å². The summed E-state index contributed by atoms with van der Waals surface area (Å²) >= 11 is 0. The molecule has 4 heterocycles. The molecule has 7 nitrogen and oxygen atoms in total. The van der Waals surface area contributed by atoms with Crippen molar-refractivity contribution >= 4 is 0 Å². The van der Waals surface area contributed by atoms with Crippen LogP contribution >= 0.6 is 0 Å². The van der Waals surface area contributed by atoms with E-state index in [1.165, 1.54) is 5.56 Å². The molecule has 26 heavy (non-hydrogen) atoms. The summed E-state index contributed by atoms with van der Waals surface area (Å²) in [5.41, 5.74) is 1.26. The number of nitrogens with zero attached hydrogens (tertiary/aromatic N) is 6. The van der Waals surface area contributed by atoms with E-state index in [0.29, 0.717) is 5.92 Å². The van der Waals surface area contributed by atoms with Crippen LogP contribution in [0.2, 0.25) is 0 Å². The Morgan fingerprint density at radius 1 is 0.962 bits per heavy atom. The fraction of sp³-hybridized carbons (Fsp3) is 0.684. The first kappa shape index (κ1) is 17.7. The molecule has 2 aliphatic heterocycles. The third-order valence-electron chi connectivity index (χ3n) is 5.90. The standard InChI is InChI=1S/C19H30N6O/c1-22-8-10-25(11-9-22)14-18-20-21-19(23(18)2)17-3-6-24(7-4-17)13-16-5-12-26-15-16/h5,12,15,17H,3-4,6-11,13-14H2,1-2H3. The minimum Gasteiger partial charge on any atom is -0.472 e. The van der Waals surface area contributed by atoms with E-state index in [1.807, 2.05) is 6.26 Å². The minimum atomic E-state index is 0.523. The van der Waals surface area contributed by atoms with Crippen molar-refractivity contribution in [3.05, 3.63) is 35.8 Å². The molecule has 4 rings (SSSR count). The fourth-order valence-corrected chi connectivity index (χ4v) is 4.06. The predicted octanol–water partition coefficient (Wildman–Crippen LogP) is 1.54. The van der Waals surface area contributed by atoms with Crippen molar-refractivity contribution in [3.8, 4) is 0 Å². The van der Waals surface area contributed by atoms with Crippen LogP contribution in [0.25, 0.3) is 0 Å². The number of piperazine rings is 1. The van der Waals surface area contributed by atoms with Gasteiger partial charge in [-0.25, -0.2) is 0 Å². The van der Waals surface area contributed by atoms with Crippen LogP contribution in [0.1, 0.15) is 36.0 Å². The van der Waals surface area contributed by atoms with E-state index in [4.69, 9.17) is 4.42 Å². The van der Waals surface area contributed by atoms with Gasteiger partial charge in [0.15, 0.2) is 0 Å². The molecule has 2 aromatic heterocycles. The van der Waals surface area contributed by atoms with Crippen LogP contribution in [0.15, 0.2) is 23.0 Å². The van der Waals surface area contributed by atoms with Gasteiger partial charge in [0.1, 0.15) is 11.6 Å². The molecule has 2 aromatic rings. The zero-order valence-corrected chi connectivity index (χ0v) is 16.0. The molecule has 0 amide bonds. The first-order valence-electron chi connectivity index (χ1n) is 9.71. The molecule has 0 aliphatic carbocycles. The average Bonchev–Trinajstić information content (AvgIpc) is 3.28. The summed E-state index contributed by atoms with van der Waals surface area (Å²) in [6.45, 7) is 8.62. The summed E-state index contributed by atoms with van der Waals surface area (Å²) in [5, 5.41) is 9.08. The second kappa shape index (κ2) is 7.90. The zero-order valence-electron chi connectivity index (χ0n) is 16.0. The van der Waals surface area contributed by atoms with Gasteiger partial charge in [-0.3, -0.25) is 9.80 Å². The lowest BCUT2D eigenvalue weighted by molar-refractivity contribution is 0.144. The van der Waals surface area contributed by atoms with Crippen LogP contribution < -0.4 is 0 Å². The van der Waals surface area contributed by atoms with Crippen molar-refractivity contribution in [1.82, 2.24) is 29.5 Å². The van der Waals surface area contributed by atoms with Gasteiger partial charge in [-0.2, -0.15) is 0 Å². The second-order valence-corrected chi connectivity index (χ2v) is 7.79. The van der Waals surface area contributed by atoms with E-state index >= 15 is 0 Å². The highest BCUT2D eigenvalue weighted by Crippen LogP contribution is 2.27. The van der Waals surface area contributed by atoms with Crippen molar-refractivity contribution in [3.63, 3.8) is 0 Å². The molecule has 2 saturated heterocycles. The van der Waals surface area contributed by atoms with Crippen molar-refractivity contribution in [2.45, 2.75) is 31.8 Å². The summed E-state index contributed by atoms with van der Waals surface area (Å²) in [6, 6.07) is 2.05. The van der Waals surface area contributed by atoms with E-state index in [1.54, 1.807) is 6.26 Å². The number of hydrogen-bond acceptors (Lipinski definition) is 6. The zero-order chi connectivity index (χ0) is 17.9. The van der Waals surface area contributed by atoms with Crippen LogP contribution in [0.4, 0.5) is 0 Å². The molecule has 0 saturated carbocycles. The monoisotopic (exact) mass is 358 g/mol. The maximum Gasteiger partial charge on any atom is 0.146 e. The van der Waals surface area contributed by atoms with Crippen LogP contribution in [0.5, 0.6) is 0 Å². The topological polar surface area (TPSA) is 53.6 Å². The molecule has 0 aromatic carbocycles. The molecule has 7 heteroatoms. The number of furan rings is 1.